The number of rotatable bonds is 3. The molecule has 0 aromatic carbocycles. The zero-order chi connectivity index (χ0) is 11.0. The minimum Gasteiger partial charge on any atom is -0.468 e. The average molecular weight is 220 g/mol. The number of hydrogen-bond acceptors (Lipinski definition) is 3. The van der Waals surface area contributed by atoms with Crippen molar-refractivity contribution in [1.29, 1.82) is 0 Å². The Labute approximate surface area is 96.8 Å². The second kappa shape index (κ2) is 4.22. The van der Waals surface area contributed by atoms with Gasteiger partial charge in [0.05, 0.1) is 12.3 Å². The molecule has 2 saturated heterocycles. The molecule has 1 aromatic rings. The Balaban J connectivity index is 1.62. The number of nitrogens with one attached hydrogen (secondary N) is 1. The van der Waals surface area contributed by atoms with Crippen molar-refractivity contribution in [1.82, 2.24) is 10.2 Å². The van der Waals surface area contributed by atoms with E-state index in [1.807, 2.05) is 6.07 Å². The van der Waals surface area contributed by atoms with Crippen LogP contribution in [-0.2, 0) is 0 Å². The van der Waals surface area contributed by atoms with Crippen molar-refractivity contribution in [3.8, 4) is 0 Å². The molecule has 2 bridgehead atoms. The Hall–Kier alpha value is -0.800. The van der Waals surface area contributed by atoms with Gasteiger partial charge >= 0.3 is 0 Å². The standard InChI is InChI=1S/C13H20N2O/c1-10(13-3-2-8-16-13)14-12-5-7-15-6-4-11(12)9-15/h2-3,8,10-12,14H,4-7,9H2,1H3/t10-,11?,12?/m0/s1. The molecule has 16 heavy (non-hydrogen) atoms. The highest BCUT2D eigenvalue weighted by atomic mass is 16.3. The van der Waals surface area contributed by atoms with Crippen molar-refractivity contribution in [2.24, 2.45) is 5.92 Å². The van der Waals surface area contributed by atoms with E-state index in [1.165, 1.54) is 32.5 Å². The van der Waals surface area contributed by atoms with Gasteiger partial charge < -0.3 is 14.6 Å². The van der Waals surface area contributed by atoms with E-state index in [-0.39, 0.29) is 0 Å². The first-order chi connectivity index (χ1) is 7.83. The second-order valence-electron chi connectivity index (χ2n) is 5.15. The molecule has 0 radical (unpaired) electrons. The fourth-order valence-electron chi connectivity index (χ4n) is 3.11. The van der Waals surface area contributed by atoms with E-state index in [4.69, 9.17) is 4.42 Å². The zero-order valence-electron chi connectivity index (χ0n) is 9.86. The van der Waals surface area contributed by atoms with Crippen LogP contribution in [0.25, 0.3) is 0 Å². The molecule has 4 atom stereocenters. The quantitative estimate of drug-likeness (QED) is 0.845. The predicted octanol–water partition coefficient (Wildman–Crippen LogP) is 2.02. The van der Waals surface area contributed by atoms with Crippen molar-refractivity contribution in [3.63, 3.8) is 0 Å². The van der Waals surface area contributed by atoms with E-state index >= 15 is 0 Å². The molecule has 1 aromatic heterocycles. The highest BCUT2D eigenvalue weighted by Crippen LogP contribution is 2.28. The number of nitrogens with zero attached hydrogens (tertiary/aromatic N) is 1. The summed E-state index contributed by atoms with van der Waals surface area (Å²) in [6.07, 6.45) is 4.41. The largest absolute Gasteiger partial charge is 0.468 e. The van der Waals surface area contributed by atoms with Crippen molar-refractivity contribution in [2.45, 2.75) is 31.8 Å². The zero-order valence-corrected chi connectivity index (χ0v) is 9.86. The topological polar surface area (TPSA) is 28.4 Å². The molecule has 2 aliphatic rings. The van der Waals surface area contributed by atoms with Crippen LogP contribution in [0.4, 0.5) is 0 Å². The third-order valence-corrected chi connectivity index (χ3v) is 4.07. The number of piperidine rings is 1. The van der Waals surface area contributed by atoms with Crippen LogP contribution in [0.3, 0.4) is 0 Å². The van der Waals surface area contributed by atoms with Crippen molar-refractivity contribution < 1.29 is 4.42 Å². The van der Waals surface area contributed by atoms with Crippen LogP contribution in [0.1, 0.15) is 31.6 Å². The van der Waals surface area contributed by atoms with Crippen LogP contribution in [0.5, 0.6) is 0 Å². The molecule has 0 spiro atoms. The minimum absolute atomic E-state index is 0.340. The lowest BCUT2D eigenvalue weighted by atomic mass is 9.93. The first-order valence-electron chi connectivity index (χ1n) is 6.35. The molecule has 0 aliphatic carbocycles. The third kappa shape index (κ3) is 1.89. The summed E-state index contributed by atoms with van der Waals surface area (Å²) in [5.74, 6) is 1.91. The lowest BCUT2D eigenvalue weighted by Gasteiger charge is -2.32. The maximum Gasteiger partial charge on any atom is 0.120 e. The average Bonchev–Trinajstić information content (AvgIpc) is 2.93. The minimum atomic E-state index is 0.340. The van der Waals surface area contributed by atoms with Crippen LogP contribution in [0.15, 0.2) is 22.8 Å². The van der Waals surface area contributed by atoms with Gasteiger partial charge in [-0.1, -0.05) is 0 Å². The molecule has 0 saturated carbocycles. The molecule has 2 aliphatic heterocycles. The molecule has 3 heteroatoms. The van der Waals surface area contributed by atoms with Crippen LogP contribution in [0, 0.1) is 5.92 Å². The monoisotopic (exact) mass is 220 g/mol. The Kier molecular flexibility index (Phi) is 2.74. The summed E-state index contributed by atoms with van der Waals surface area (Å²) in [5.41, 5.74) is 0. The Morgan fingerprint density at radius 2 is 2.31 bits per heavy atom. The number of hydrogen-bond donors (Lipinski definition) is 1. The maximum absolute atomic E-state index is 5.44. The Bertz CT molecular complexity index is 336. The van der Waals surface area contributed by atoms with E-state index in [0.717, 1.165) is 11.7 Å². The van der Waals surface area contributed by atoms with Crippen molar-refractivity contribution in [3.05, 3.63) is 24.2 Å². The van der Waals surface area contributed by atoms with E-state index in [2.05, 4.69) is 23.2 Å². The molecular weight excluding hydrogens is 200 g/mol. The number of furan rings is 1. The molecule has 3 heterocycles. The highest BCUT2D eigenvalue weighted by Gasteiger charge is 2.34. The fourth-order valence-corrected chi connectivity index (χ4v) is 3.11. The van der Waals surface area contributed by atoms with Gasteiger partial charge in [0.15, 0.2) is 0 Å². The van der Waals surface area contributed by atoms with Gasteiger partial charge in [0.2, 0.25) is 0 Å². The van der Waals surface area contributed by atoms with Gasteiger partial charge in [-0.3, -0.25) is 0 Å². The molecule has 3 nitrogen and oxygen atoms in total. The van der Waals surface area contributed by atoms with Gasteiger partial charge in [0, 0.05) is 12.6 Å². The molecule has 3 unspecified atom stereocenters. The molecule has 3 rings (SSSR count). The van der Waals surface area contributed by atoms with Gasteiger partial charge in [-0.2, -0.15) is 0 Å². The van der Waals surface area contributed by atoms with Crippen LogP contribution in [0.2, 0.25) is 0 Å². The van der Waals surface area contributed by atoms with E-state index < -0.39 is 0 Å². The second-order valence-corrected chi connectivity index (χ2v) is 5.15. The van der Waals surface area contributed by atoms with Crippen LogP contribution >= 0.6 is 0 Å². The van der Waals surface area contributed by atoms with Gasteiger partial charge in [0.25, 0.3) is 0 Å². The summed E-state index contributed by atoms with van der Waals surface area (Å²) in [6.45, 7) is 6.06. The third-order valence-electron chi connectivity index (χ3n) is 4.07. The maximum atomic E-state index is 5.44. The highest BCUT2D eigenvalue weighted by molar-refractivity contribution is 5.04. The molecule has 0 amide bonds. The Morgan fingerprint density at radius 1 is 1.44 bits per heavy atom. The van der Waals surface area contributed by atoms with Gasteiger partial charge in [-0.05, 0) is 50.9 Å². The first-order valence-corrected chi connectivity index (χ1v) is 6.35. The summed E-state index contributed by atoms with van der Waals surface area (Å²) >= 11 is 0. The fraction of sp³-hybridized carbons (Fsp3) is 0.692. The number of fused-ring (bicyclic) bond motifs is 2. The lowest BCUT2D eigenvalue weighted by molar-refractivity contribution is 0.207. The summed E-state index contributed by atoms with van der Waals surface area (Å²) < 4.78 is 5.44. The van der Waals surface area contributed by atoms with Gasteiger partial charge in [0.1, 0.15) is 5.76 Å². The molecule has 1 N–H and O–H groups in total. The van der Waals surface area contributed by atoms with E-state index in [0.29, 0.717) is 12.1 Å². The van der Waals surface area contributed by atoms with Crippen molar-refractivity contribution in [2.75, 3.05) is 19.6 Å². The Morgan fingerprint density at radius 3 is 3.12 bits per heavy atom. The normalized spacial score (nSPS) is 35.2. The van der Waals surface area contributed by atoms with Gasteiger partial charge in [-0.25, -0.2) is 0 Å². The van der Waals surface area contributed by atoms with Crippen molar-refractivity contribution >= 4 is 0 Å². The summed E-state index contributed by atoms with van der Waals surface area (Å²) in [7, 11) is 0. The smallest absolute Gasteiger partial charge is 0.120 e. The lowest BCUT2D eigenvalue weighted by Crippen LogP contribution is -2.44. The SMILES string of the molecule is C[C@H](NC1CCN2CCC1C2)c1ccco1. The summed E-state index contributed by atoms with van der Waals surface area (Å²) in [5, 5.41) is 3.73. The summed E-state index contributed by atoms with van der Waals surface area (Å²) in [6, 6.07) is 5.04. The summed E-state index contributed by atoms with van der Waals surface area (Å²) in [4.78, 5) is 2.58. The van der Waals surface area contributed by atoms with Crippen LogP contribution in [-0.4, -0.2) is 30.6 Å². The molecule has 88 valence electrons. The van der Waals surface area contributed by atoms with Gasteiger partial charge in [-0.15, -0.1) is 0 Å². The predicted molar refractivity (Wildman–Crippen MR) is 63.2 cm³/mol. The molecular formula is C13H20N2O. The first kappa shape index (κ1) is 10.4. The van der Waals surface area contributed by atoms with Crippen LogP contribution < -0.4 is 5.32 Å². The molecule has 2 fully saturated rings. The van der Waals surface area contributed by atoms with E-state index in [1.54, 1.807) is 6.26 Å². The van der Waals surface area contributed by atoms with E-state index in [9.17, 15) is 0 Å².